The Hall–Kier alpha value is -2.64. The predicted octanol–water partition coefficient (Wildman–Crippen LogP) is 2.23. The second kappa shape index (κ2) is 6.69. The number of aryl methyl sites for hydroxylation is 1. The van der Waals surface area contributed by atoms with Crippen LogP contribution in [0.25, 0.3) is 0 Å². The minimum absolute atomic E-state index is 0.110. The Morgan fingerprint density at radius 2 is 2.10 bits per heavy atom. The number of hydrogen-bond donors (Lipinski definition) is 2. The SMILES string of the molecule is CCC(C(=O)O)N(C)C(=O)Nc1ccc(C)c([N+](=O)[O-])c1. The molecule has 0 bridgehead atoms. The first-order valence-electron chi connectivity index (χ1n) is 6.29. The summed E-state index contributed by atoms with van der Waals surface area (Å²) in [5.74, 6) is -1.11. The molecule has 1 unspecified atom stereocenters. The maximum Gasteiger partial charge on any atom is 0.326 e. The first-order valence-corrected chi connectivity index (χ1v) is 6.29. The van der Waals surface area contributed by atoms with Gasteiger partial charge in [0.1, 0.15) is 6.04 Å². The van der Waals surface area contributed by atoms with Gasteiger partial charge in [-0.2, -0.15) is 0 Å². The van der Waals surface area contributed by atoms with E-state index in [9.17, 15) is 19.7 Å². The van der Waals surface area contributed by atoms with E-state index in [4.69, 9.17) is 5.11 Å². The molecule has 0 aliphatic heterocycles. The summed E-state index contributed by atoms with van der Waals surface area (Å²) >= 11 is 0. The van der Waals surface area contributed by atoms with Crippen molar-refractivity contribution in [2.75, 3.05) is 12.4 Å². The van der Waals surface area contributed by atoms with Crippen LogP contribution in [0.4, 0.5) is 16.2 Å². The van der Waals surface area contributed by atoms with Crippen LogP contribution in [-0.4, -0.2) is 40.0 Å². The molecule has 2 amide bonds. The van der Waals surface area contributed by atoms with Crippen molar-refractivity contribution in [3.63, 3.8) is 0 Å². The van der Waals surface area contributed by atoms with E-state index in [0.717, 1.165) is 4.90 Å². The molecule has 8 heteroatoms. The molecule has 0 aliphatic rings. The molecule has 0 saturated heterocycles. The molecule has 0 heterocycles. The Bertz CT molecular complexity index is 573. The van der Waals surface area contributed by atoms with E-state index >= 15 is 0 Å². The molecule has 0 fully saturated rings. The van der Waals surface area contributed by atoms with Gasteiger partial charge in [-0.25, -0.2) is 9.59 Å². The van der Waals surface area contributed by atoms with E-state index in [1.54, 1.807) is 13.8 Å². The Labute approximate surface area is 121 Å². The Morgan fingerprint density at radius 3 is 2.57 bits per heavy atom. The number of amides is 2. The van der Waals surface area contributed by atoms with Gasteiger partial charge >= 0.3 is 12.0 Å². The van der Waals surface area contributed by atoms with E-state index in [2.05, 4.69) is 5.32 Å². The van der Waals surface area contributed by atoms with Crippen LogP contribution in [0.2, 0.25) is 0 Å². The summed E-state index contributed by atoms with van der Waals surface area (Å²) < 4.78 is 0. The van der Waals surface area contributed by atoms with Crippen molar-refractivity contribution in [1.29, 1.82) is 0 Å². The topological polar surface area (TPSA) is 113 Å². The maximum absolute atomic E-state index is 12.0. The van der Waals surface area contributed by atoms with E-state index in [1.165, 1.54) is 25.2 Å². The van der Waals surface area contributed by atoms with Crippen molar-refractivity contribution >= 4 is 23.4 Å². The normalized spacial score (nSPS) is 11.6. The van der Waals surface area contributed by atoms with E-state index < -0.39 is 23.0 Å². The number of aliphatic carboxylic acids is 1. The standard InChI is InChI=1S/C13H17N3O5/c1-4-10(12(17)18)15(3)13(19)14-9-6-5-8(2)11(7-9)16(20)21/h5-7,10H,4H2,1-3H3,(H,14,19)(H,17,18). The van der Waals surface area contributed by atoms with Crippen molar-refractivity contribution in [3.8, 4) is 0 Å². The summed E-state index contributed by atoms with van der Waals surface area (Å²) in [7, 11) is 1.36. The number of nitro benzene ring substituents is 1. The summed E-state index contributed by atoms with van der Waals surface area (Å²) in [5.41, 5.74) is 0.605. The zero-order valence-electron chi connectivity index (χ0n) is 12.0. The number of nitrogens with one attached hydrogen (secondary N) is 1. The monoisotopic (exact) mass is 295 g/mol. The minimum atomic E-state index is -1.11. The van der Waals surface area contributed by atoms with Crippen molar-refractivity contribution < 1.29 is 19.6 Å². The molecular weight excluding hydrogens is 278 g/mol. The van der Waals surface area contributed by atoms with Gasteiger partial charge in [-0.3, -0.25) is 10.1 Å². The average Bonchev–Trinajstić information content (AvgIpc) is 2.40. The highest BCUT2D eigenvalue weighted by Crippen LogP contribution is 2.22. The minimum Gasteiger partial charge on any atom is -0.480 e. The summed E-state index contributed by atoms with van der Waals surface area (Å²) in [6.45, 7) is 3.24. The molecule has 1 rings (SSSR count). The maximum atomic E-state index is 12.0. The van der Waals surface area contributed by atoms with Gasteiger partial charge in [0.2, 0.25) is 0 Å². The van der Waals surface area contributed by atoms with Gasteiger partial charge in [0.05, 0.1) is 4.92 Å². The fourth-order valence-electron chi connectivity index (χ4n) is 1.85. The Balaban J connectivity index is 2.91. The highest BCUT2D eigenvalue weighted by Gasteiger charge is 2.25. The van der Waals surface area contributed by atoms with E-state index in [1.807, 2.05) is 0 Å². The average molecular weight is 295 g/mol. The molecule has 21 heavy (non-hydrogen) atoms. The second-order valence-electron chi connectivity index (χ2n) is 4.56. The van der Waals surface area contributed by atoms with Crippen LogP contribution in [0.5, 0.6) is 0 Å². The molecule has 0 aliphatic carbocycles. The van der Waals surface area contributed by atoms with Crippen molar-refractivity contribution in [2.24, 2.45) is 0 Å². The molecule has 0 spiro atoms. The van der Waals surface area contributed by atoms with Gasteiger partial charge in [0.25, 0.3) is 5.69 Å². The van der Waals surface area contributed by atoms with Crippen molar-refractivity contribution in [3.05, 3.63) is 33.9 Å². The zero-order valence-corrected chi connectivity index (χ0v) is 12.0. The van der Waals surface area contributed by atoms with Gasteiger partial charge in [0.15, 0.2) is 0 Å². The number of carboxylic acids is 1. The quantitative estimate of drug-likeness (QED) is 0.638. The van der Waals surface area contributed by atoms with Gasteiger partial charge in [-0.1, -0.05) is 13.0 Å². The lowest BCUT2D eigenvalue weighted by molar-refractivity contribution is -0.385. The number of likely N-dealkylation sites (N-methyl/N-ethyl adjacent to an activating group) is 1. The molecule has 0 radical (unpaired) electrons. The number of carbonyl (C=O) groups is 2. The van der Waals surface area contributed by atoms with Crippen LogP contribution in [0.1, 0.15) is 18.9 Å². The second-order valence-corrected chi connectivity index (χ2v) is 4.56. The lowest BCUT2D eigenvalue weighted by Crippen LogP contribution is -2.44. The third-order valence-electron chi connectivity index (χ3n) is 3.12. The molecule has 2 N–H and O–H groups in total. The van der Waals surface area contributed by atoms with Gasteiger partial charge in [0, 0.05) is 24.4 Å². The smallest absolute Gasteiger partial charge is 0.326 e. The molecule has 8 nitrogen and oxygen atoms in total. The van der Waals surface area contributed by atoms with Crippen LogP contribution in [0, 0.1) is 17.0 Å². The number of urea groups is 1. The summed E-state index contributed by atoms with van der Waals surface area (Å²) in [6, 6.07) is 2.69. The summed E-state index contributed by atoms with van der Waals surface area (Å²) in [5, 5.41) is 22.3. The Kier molecular flexibility index (Phi) is 5.23. The Morgan fingerprint density at radius 1 is 1.48 bits per heavy atom. The molecule has 0 saturated carbocycles. The van der Waals surface area contributed by atoms with Crippen LogP contribution < -0.4 is 5.32 Å². The molecule has 114 valence electrons. The fraction of sp³-hybridized carbons (Fsp3) is 0.385. The third-order valence-corrected chi connectivity index (χ3v) is 3.12. The number of nitro groups is 1. The predicted molar refractivity (Wildman–Crippen MR) is 76.3 cm³/mol. The van der Waals surface area contributed by atoms with Gasteiger partial charge in [-0.15, -0.1) is 0 Å². The number of hydrogen-bond acceptors (Lipinski definition) is 4. The number of anilines is 1. The fourth-order valence-corrected chi connectivity index (χ4v) is 1.85. The van der Waals surface area contributed by atoms with Crippen LogP contribution in [0.15, 0.2) is 18.2 Å². The highest BCUT2D eigenvalue weighted by molar-refractivity contribution is 5.92. The van der Waals surface area contributed by atoms with Crippen molar-refractivity contribution in [1.82, 2.24) is 4.90 Å². The number of rotatable bonds is 5. The lowest BCUT2D eigenvalue weighted by atomic mass is 10.2. The lowest BCUT2D eigenvalue weighted by Gasteiger charge is -2.24. The molecule has 1 atom stereocenters. The molecular formula is C13H17N3O5. The van der Waals surface area contributed by atoms with Crippen LogP contribution in [-0.2, 0) is 4.79 Å². The first-order chi connectivity index (χ1) is 9.77. The number of carboxylic acid groups (broad SMARTS) is 1. The summed E-state index contributed by atoms with van der Waals surface area (Å²) in [4.78, 5) is 34.3. The van der Waals surface area contributed by atoms with E-state index in [0.29, 0.717) is 5.56 Å². The number of benzene rings is 1. The number of carbonyl (C=O) groups excluding carboxylic acids is 1. The summed E-state index contributed by atoms with van der Waals surface area (Å²) in [6.07, 6.45) is 0.257. The van der Waals surface area contributed by atoms with Gasteiger partial charge < -0.3 is 15.3 Å². The first kappa shape index (κ1) is 16.4. The third kappa shape index (κ3) is 3.91. The number of nitrogens with zero attached hydrogens (tertiary/aromatic N) is 2. The molecule has 1 aromatic carbocycles. The van der Waals surface area contributed by atoms with Crippen LogP contribution >= 0.6 is 0 Å². The highest BCUT2D eigenvalue weighted by atomic mass is 16.6. The molecule has 1 aromatic rings. The largest absolute Gasteiger partial charge is 0.480 e. The van der Waals surface area contributed by atoms with E-state index in [-0.39, 0.29) is 17.8 Å². The van der Waals surface area contributed by atoms with Gasteiger partial charge in [-0.05, 0) is 19.4 Å². The zero-order chi connectivity index (χ0) is 16.2. The van der Waals surface area contributed by atoms with Crippen LogP contribution in [0.3, 0.4) is 0 Å². The molecule has 0 aromatic heterocycles. The van der Waals surface area contributed by atoms with Crippen molar-refractivity contribution in [2.45, 2.75) is 26.3 Å².